The van der Waals surface area contributed by atoms with Crippen LogP contribution in [-0.2, 0) is 4.79 Å². The lowest BCUT2D eigenvalue weighted by atomic mass is 10.0. The van der Waals surface area contributed by atoms with Gasteiger partial charge in [-0.25, -0.2) is 9.37 Å². The summed E-state index contributed by atoms with van der Waals surface area (Å²) in [5.74, 6) is -0.949. The average molecular weight is 537 g/mol. The lowest BCUT2D eigenvalue weighted by Crippen LogP contribution is -2.49. The van der Waals surface area contributed by atoms with Gasteiger partial charge in [0.1, 0.15) is 22.0 Å². The Kier molecular flexibility index (Phi) is 7.30. The number of nitrogens with zero attached hydrogens (tertiary/aromatic N) is 2. The molecular weight excluding hydrogens is 514 g/mol. The van der Waals surface area contributed by atoms with Crippen LogP contribution in [0, 0.1) is 12.7 Å². The van der Waals surface area contributed by atoms with Gasteiger partial charge in [-0.05, 0) is 51.8 Å². The summed E-state index contributed by atoms with van der Waals surface area (Å²) in [5, 5.41) is 6.28. The Morgan fingerprint density at radius 1 is 1.26 bits per heavy atom. The van der Waals surface area contributed by atoms with Crippen molar-refractivity contribution >= 4 is 46.4 Å². The van der Waals surface area contributed by atoms with Crippen molar-refractivity contribution in [3.05, 3.63) is 62.0 Å². The van der Waals surface area contributed by atoms with Gasteiger partial charge in [-0.1, -0.05) is 23.2 Å². The SMILES string of the molecule is CCOc1c(Cl)cc(Cl)cc1-c1cnc([C@@H](C)NC(=O)C2(NC(=O)c3scnc3C)CC2)c(F)c1. The van der Waals surface area contributed by atoms with E-state index in [2.05, 4.69) is 20.6 Å². The van der Waals surface area contributed by atoms with Gasteiger partial charge in [-0.2, -0.15) is 0 Å². The number of hydrogen-bond donors (Lipinski definition) is 2. The molecule has 7 nitrogen and oxygen atoms in total. The second kappa shape index (κ2) is 10.1. The molecule has 2 heterocycles. The number of benzene rings is 1. The van der Waals surface area contributed by atoms with E-state index in [9.17, 15) is 9.59 Å². The summed E-state index contributed by atoms with van der Waals surface area (Å²) in [4.78, 5) is 34.3. The minimum atomic E-state index is -1.01. The normalized spacial score (nSPS) is 14.8. The van der Waals surface area contributed by atoms with Gasteiger partial charge in [0.25, 0.3) is 5.91 Å². The Labute approximate surface area is 216 Å². The Morgan fingerprint density at radius 2 is 2.00 bits per heavy atom. The van der Waals surface area contributed by atoms with E-state index in [-0.39, 0.29) is 17.5 Å². The molecule has 0 saturated heterocycles. The van der Waals surface area contributed by atoms with Crippen LogP contribution >= 0.6 is 34.5 Å². The van der Waals surface area contributed by atoms with Crippen molar-refractivity contribution in [3.63, 3.8) is 0 Å². The molecule has 0 spiro atoms. The van der Waals surface area contributed by atoms with Crippen molar-refractivity contribution in [1.29, 1.82) is 0 Å². The summed E-state index contributed by atoms with van der Waals surface area (Å²) >= 11 is 13.6. The molecule has 1 fully saturated rings. The highest BCUT2D eigenvalue weighted by molar-refractivity contribution is 7.11. The molecule has 1 atom stereocenters. The van der Waals surface area contributed by atoms with E-state index in [0.29, 0.717) is 56.9 Å². The van der Waals surface area contributed by atoms with E-state index in [1.54, 1.807) is 31.5 Å². The summed E-state index contributed by atoms with van der Waals surface area (Å²) in [6, 6.07) is 3.75. The maximum atomic E-state index is 15.1. The van der Waals surface area contributed by atoms with Crippen LogP contribution in [0.2, 0.25) is 10.0 Å². The van der Waals surface area contributed by atoms with Crippen molar-refractivity contribution in [2.75, 3.05) is 6.61 Å². The molecule has 0 aliphatic heterocycles. The zero-order valence-corrected chi connectivity index (χ0v) is 21.6. The fourth-order valence-electron chi connectivity index (χ4n) is 3.71. The number of thiazole rings is 1. The van der Waals surface area contributed by atoms with Crippen LogP contribution < -0.4 is 15.4 Å². The van der Waals surface area contributed by atoms with Crippen LogP contribution in [0.15, 0.2) is 29.9 Å². The van der Waals surface area contributed by atoms with Gasteiger partial charge in [-0.15, -0.1) is 11.3 Å². The third-order valence-electron chi connectivity index (χ3n) is 5.72. The van der Waals surface area contributed by atoms with Crippen LogP contribution in [-0.4, -0.2) is 33.9 Å². The maximum Gasteiger partial charge on any atom is 0.264 e. The predicted octanol–water partition coefficient (Wildman–Crippen LogP) is 5.50. The monoisotopic (exact) mass is 536 g/mol. The molecular formula is C24H23Cl2FN4O3S. The number of nitrogens with one attached hydrogen (secondary N) is 2. The molecule has 1 aromatic carbocycles. The van der Waals surface area contributed by atoms with Crippen LogP contribution in [0.25, 0.3) is 11.1 Å². The molecule has 35 heavy (non-hydrogen) atoms. The van der Waals surface area contributed by atoms with E-state index in [1.807, 2.05) is 6.92 Å². The molecule has 4 rings (SSSR count). The minimum absolute atomic E-state index is 0.0635. The standard InChI is InChI=1S/C24H23Cl2FN4O3S/c1-4-34-20-16(8-15(25)9-17(20)26)14-7-18(27)19(28-10-14)12(2)30-23(33)24(5-6-24)31-22(32)21-13(3)29-11-35-21/h7-12H,4-6H2,1-3H3,(H,30,33)(H,31,32)/t12-/m1/s1. The topological polar surface area (TPSA) is 93.2 Å². The van der Waals surface area contributed by atoms with Crippen LogP contribution in [0.4, 0.5) is 4.39 Å². The number of carbonyl (C=O) groups excluding carboxylic acids is 2. The smallest absolute Gasteiger partial charge is 0.264 e. The molecule has 184 valence electrons. The van der Waals surface area contributed by atoms with Gasteiger partial charge >= 0.3 is 0 Å². The number of carbonyl (C=O) groups is 2. The first kappa shape index (κ1) is 25.3. The molecule has 2 N–H and O–H groups in total. The second-order valence-electron chi connectivity index (χ2n) is 8.29. The van der Waals surface area contributed by atoms with Gasteiger partial charge in [-0.3, -0.25) is 14.6 Å². The highest BCUT2D eigenvalue weighted by Gasteiger charge is 2.51. The quantitative estimate of drug-likeness (QED) is 0.396. The summed E-state index contributed by atoms with van der Waals surface area (Å²) in [5.41, 5.74) is 2.19. The van der Waals surface area contributed by atoms with Crippen molar-refractivity contribution in [2.45, 2.75) is 45.2 Å². The lowest BCUT2D eigenvalue weighted by molar-refractivity contribution is -0.124. The summed E-state index contributed by atoms with van der Waals surface area (Å²) in [6.07, 6.45) is 2.48. The third-order valence-corrected chi connectivity index (χ3v) is 7.15. The summed E-state index contributed by atoms with van der Waals surface area (Å²) in [6.45, 7) is 5.55. The second-order valence-corrected chi connectivity index (χ2v) is 9.99. The number of aromatic nitrogens is 2. The van der Waals surface area contributed by atoms with Gasteiger partial charge in [0, 0.05) is 22.3 Å². The minimum Gasteiger partial charge on any atom is -0.492 e. The number of ether oxygens (including phenoxy) is 1. The van der Waals surface area contributed by atoms with E-state index in [1.165, 1.54) is 23.6 Å². The Balaban J connectivity index is 1.50. The number of hydrogen-bond acceptors (Lipinski definition) is 6. The third kappa shape index (κ3) is 5.27. The Morgan fingerprint density at radius 3 is 2.60 bits per heavy atom. The van der Waals surface area contributed by atoms with E-state index < -0.39 is 17.4 Å². The Hall–Kier alpha value is -2.75. The average Bonchev–Trinajstić information content (AvgIpc) is 3.46. The van der Waals surface area contributed by atoms with Crippen molar-refractivity contribution in [2.24, 2.45) is 0 Å². The van der Waals surface area contributed by atoms with Crippen molar-refractivity contribution < 1.29 is 18.7 Å². The molecule has 0 radical (unpaired) electrons. The van der Waals surface area contributed by atoms with Gasteiger partial charge < -0.3 is 15.4 Å². The Bertz CT molecular complexity index is 1300. The molecule has 0 bridgehead atoms. The fraction of sp³-hybridized carbons (Fsp3) is 0.333. The molecule has 3 aromatic rings. The predicted molar refractivity (Wildman–Crippen MR) is 134 cm³/mol. The highest BCUT2D eigenvalue weighted by Crippen LogP contribution is 2.40. The largest absolute Gasteiger partial charge is 0.492 e. The zero-order valence-electron chi connectivity index (χ0n) is 19.2. The summed E-state index contributed by atoms with van der Waals surface area (Å²) < 4.78 is 20.7. The number of halogens is 3. The lowest BCUT2D eigenvalue weighted by Gasteiger charge is -2.21. The van der Waals surface area contributed by atoms with E-state index >= 15 is 4.39 Å². The highest BCUT2D eigenvalue weighted by atomic mass is 35.5. The molecule has 0 unspecified atom stereocenters. The van der Waals surface area contributed by atoms with Gasteiger partial charge in [0.05, 0.1) is 34.6 Å². The van der Waals surface area contributed by atoms with Crippen molar-refractivity contribution in [1.82, 2.24) is 20.6 Å². The molecule has 1 aliphatic carbocycles. The first-order valence-electron chi connectivity index (χ1n) is 11.0. The summed E-state index contributed by atoms with van der Waals surface area (Å²) in [7, 11) is 0. The molecule has 1 aliphatic rings. The van der Waals surface area contributed by atoms with Crippen molar-refractivity contribution in [3.8, 4) is 16.9 Å². The first-order chi connectivity index (χ1) is 16.6. The van der Waals surface area contributed by atoms with E-state index in [0.717, 1.165) is 0 Å². The number of aryl methyl sites for hydroxylation is 1. The molecule has 11 heteroatoms. The van der Waals surface area contributed by atoms with Gasteiger partial charge in [0.2, 0.25) is 5.91 Å². The molecule has 1 saturated carbocycles. The van der Waals surface area contributed by atoms with Crippen LogP contribution in [0.3, 0.4) is 0 Å². The van der Waals surface area contributed by atoms with E-state index in [4.69, 9.17) is 27.9 Å². The first-order valence-corrected chi connectivity index (χ1v) is 12.6. The number of amides is 2. The molecule has 2 aromatic heterocycles. The number of pyridine rings is 1. The zero-order chi connectivity index (χ0) is 25.3. The van der Waals surface area contributed by atoms with Crippen LogP contribution in [0.1, 0.15) is 53.8 Å². The number of rotatable bonds is 8. The fourth-order valence-corrected chi connectivity index (χ4v) is 4.96. The van der Waals surface area contributed by atoms with Crippen LogP contribution in [0.5, 0.6) is 5.75 Å². The van der Waals surface area contributed by atoms with Gasteiger partial charge in [0.15, 0.2) is 0 Å². The maximum absolute atomic E-state index is 15.1. The molecule has 2 amide bonds.